The van der Waals surface area contributed by atoms with Crippen molar-refractivity contribution in [1.29, 1.82) is 0 Å². The zero-order chi connectivity index (χ0) is 24.4. The first-order valence-electron chi connectivity index (χ1n) is 11.3. The van der Waals surface area contributed by atoms with E-state index in [1.54, 1.807) is 18.7 Å². The van der Waals surface area contributed by atoms with E-state index in [0.29, 0.717) is 38.5 Å². The highest BCUT2D eigenvalue weighted by molar-refractivity contribution is 7.90. The third-order valence-corrected chi connectivity index (χ3v) is 6.06. The summed E-state index contributed by atoms with van der Waals surface area (Å²) in [6.07, 6.45) is 5.95. The van der Waals surface area contributed by atoms with Crippen LogP contribution in [-0.2, 0) is 30.6 Å². The van der Waals surface area contributed by atoms with Gasteiger partial charge in [-0.1, -0.05) is 38.3 Å². The van der Waals surface area contributed by atoms with Crippen LogP contribution in [0, 0.1) is 5.92 Å². The lowest BCUT2D eigenvalue weighted by Crippen LogP contribution is -2.47. The molecule has 1 aliphatic carbocycles. The largest absolute Gasteiger partial charge is 0.378 e. The van der Waals surface area contributed by atoms with Crippen LogP contribution in [0.3, 0.4) is 0 Å². The molecule has 1 N–H and O–H groups in total. The predicted octanol–water partition coefficient (Wildman–Crippen LogP) is 0.790. The Morgan fingerprint density at radius 3 is 2.24 bits per heavy atom. The van der Waals surface area contributed by atoms with Crippen molar-refractivity contribution < 1.29 is 32.1 Å². The average Bonchev–Trinajstić information content (AvgIpc) is 3.60. The monoisotopic (exact) mass is 486 g/mol. The van der Waals surface area contributed by atoms with Gasteiger partial charge in [-0.3, -0.25) is 14.4 Å². The van der Waals surface area contributed by atoms with Gasteiger partial charge in [0.05, 0.1) is 30.9 Å². The van der Waals surface area contributed by atoms with Crippen molar-refractivity contribution >= 4 is 27.4 Å². The number of sulfone groups is 1. The van der Waals surface area contributed by atoms with Crippen molar-refractivity contribution in [3.63, 3.8) is 0 Å². The minimum Gasteiger partial charge on any atom is -0.378 e. The van der Waals surface area contributed by atoms with Crippen molar-refractivity contribution in [1.82, 2.24) is 20.4 Å². The molecule has 186 valence electrons. The normalized spacial score (nSPS) is 17.4. The molecule has 2 fully saturated rings. The molecule has 0 bridgehead atoms. The number of nitrogens with zero attached hydrogens (tertiary/aromatic N) is 3. The Hall–Kier alpha value is -2.34. The Labute approximate surface area is 194 Å². The Morgan fingerprint density at radius 1 is 1.12 bits per heavy atom. The van der Waals surface area contributed by atoms with E-state index >= 15 is 0 Å². The minimum atomic E-state index is -3.54. The van der Waals surface area contributed by atoms with Gasteiger partial charge in [-0.25, -0.2) is 8.42 Å². The molecule has 11 nitrogen and oxygen atoms in total. The molecular formula is C21H34N4O7S. The zero-order valence-electron chi connectivity index (χ0n) is 19.5. The summed E-state index contributed by atoms with van der Waals surface area (Å²) in [5.41, 5.74) is 0. The summed E-state index contributed by atoms with van der Waals surface area (Å²) in [5, 5.41) is 6.21. The third-order valence-electron chi connectivity index (χ3n) is 5.05. The van der Waals surface area contributed by atoms with Crippen molar-refractivity contribution in [3.8, 4) is 0 Å². The van der Waals surface area contributed by atoms with E-state index in [1.807, 2.05) is 0 Å². The Bertz CT molecular complexity index is 905. The molecular weight excluding hydrogens is 452 g/mol. The van der Waals surface area contributed by atoms with Gasteiger partial charge in [0.15, 0.2) is 5.82 Å². The third kappa shape index (κ3) is 9.58. The number of amides is 2. The van der Waals surface area contributed by atoms with Crippen LogP contribution in [-0.4, -0.2) is 85.4 Å². The van der Waals surface area contributed by atoms with Gasteiger partial charge in [-0.2, -0.15) is 4.98 Å². The van der Waals surface area contributed by atoms with Crippen molar-refractivity contribution in [2.75, 3.05) is 38.3 Å². The standard InChI is InChI=1S/C18H28N4O7S.C3H6/c1-4-13(16(24)18-20-14(5-2)21-29-18)19-17(25)12(11-30(3,26)27)10-15(23)22-6-8-28-9-7-22;1-2-3-1/h12-13H,4-11H2,1-3H3,(H,19,25);1-3H2/t12?,13-;/m0./s1. The highest BCUT2D eigenvalue weighted by Crippen LogP contribution is 2.15. The van der Waals surface area contributed by atoms with Crippen molar-refractivity contribution in [2.24, 2.45) is 5.92 Å². The van der Waals surface area contributed by atoms with Crippen LogP contribution in [0.1, 0.15) is 62.5 Å². The van der Waals surface area contributed by atoms with Gasteiger partial charge >= 0.3 is 0 Å². The number of ether oxygens (including phenoxy) is 1. The number of morpholine rings is 1. The van der Waals surface area contributed by atoms with E-state index in [-0.39, 0.29) is 24.6 Å². The lowest BCUT2D eigenvalue weighted by Gasteiger charge is -2.28. The molecule has 1 saturated carbocycles. The molecule has 1 aromatic rings. The average molecular weight is 487 g/mol. The SMILES string of the molecule is C1CC1.CCc1noc(C(=O)[C@H](CC)NC(=O)C(CC(=O)N2CCOCC2)CS(C)(=O)=O)n1. The van der Waals surface area contributed by atoms with E-state index in [1.165, 1.54) is 19.3 Å². The van der Waals surface area contributed by atoms with E-state index in [2.05, 4.69) is 15.5 Å². The fourth-order valence-corrected chi connectivity index (χ4v) is 4.03. The van der Waals surface area contributed by atoms with Crippen LogP contribution in [0.5, 0.6) is 0 Å². The molecule has 1 unspecified atom stereocenters. The number of rotatable bonds is 10. The van der Waals surface area contributed by atoms with E-state index in [9.17, 15) is 22.8 Å². The Kier molecular flexibility index (Phi) is 10.4. The maximum atomic E-state index is 12.8. The number of carbonyl (C=O) groups is 3. The second kappa shape index (κ2) is 12.8. The number of hydrogen-bond acceptors (Lipinski definition) is 9. The van der Waals surface area contributed by atoms with E-state index in [4.69, 9.17) is 9.26 Å². The van der Waals surface area contributed by atoms with Crippen LogP contribution < -0.4 is 5.32 Å². The summed E-state index contributed by atoms with van der Waals surface area (Å²) in [6.45, 7) is 5.05. The lowest BCUT2D eigenvalue weighted by atomic mass is 10.0. The van der Waals surface area contributed by atoms with Crippen LogP contribution in [0.2, 0.25) is 0 Å². The van der Waals surface area contributed by atoms with Crippen molar-refractivity contribution in [3.05, 3.63) is 11.7 Å². The molecule has 33 heavy (non-hydrogen) atoms. The van der Waals surface area contributed by atoms with Gasteiger partial charge in [0, 0.05) is 32.2 Å². The Balaban J connectivity index is 0.00000118. The van der Waals surface area contributed by atoms with Crippen LogP contribution >= 0.6 is 0 Å². The number of ketones is 1. The van der Waals surface area contributed by atoms with E-state index < -0.39 is 39.2 Å². The number of nitrogens with one attached hydrogen (secondary N) is 1. The molecule has 0 aromatic carbocycles. The first kappa shape index (κ1) is 26.9. The lowest BCUT2D eigenvalue weighted by molar-refractivity contribution is -0.139. The fraction of sp³-hybridized carbons (Fsp3) is 0.762. The molecule has 1 saturated heterocycles. The topological polar surface area (TPSA) is 149 Å². The molecule has 0 radical (unpaired) electrons. The first-order valence-corrected chi connectivity index (χ1v) is 13.4. The maximum absolute atomic E-state index is 12.8. The second-order valence-electron chi connectivity index (χ2n) is 8.25. The molecule has 0 spiro atoms. The molecule has 1 aromatic heterocycles. The summed E-state index contributed by atoms with van der Waals surface area (Å²) in [7, 11) is -3.54. The quantitative estimate of drug-likeness (QED) is 0.474. The van der Waals surface area contributed by atoms with Crippen LogP contribution in [0.4, 0.5) is 0 Å². The number of Topliss-reactive ketones (excluding diaryl/α,β-unsaturated/α-hetero) is 1. The fourth-order valence-electron chi connectivity index (χ4n) is 3.03. The molecule has 2 atom stereocenters. The second-order valence-corrected chi connectivity index (χ2v) is 10.4. The van der Waals surface area contributed by atoms with Crippen LogP contribution in [0.15, 0.2) is 4.52 Å². The predicted molar refractivity (Wildman–Crippen MR) is 119 cm³/mol. The van der Waals surface area contributed by atoms with Gasteiger partial charge in [0.25, 0.3) is 5.89 Å². The number of aryl methyl sites for hydroxylation is 1. The molecule has 12 heteroatoms. The summed E-state index contributed by atoms with van der Waals surface area (Å²) < 4.78 is 33.8. The Morgan fingerprint density at radius 2 is 1.76 bits per heavy atom. The van der Waals surface area contributed by atoms with Gasteiger partial charge in [-0.15, -0.1) is 0 Å². The highest BCUT2D eigenvalue weighted by atomic mass is 32.2. The van der Waals surface area contributed by atoms with Gasteiger partial charge in [0.2, 0.25) is 17.6 Å². The molecule has 2 heterocycles. The van der Waals surface area contributed by atoms with Crippen LogP contribution in [0.25, 0.3) is 0 Å². The van der Waals surface area contributed by atoms with Gasteiger partial charge in [0.1, 0.15) is 9.84 Å². The highest BCUT2D eigenvalue weighted by Gasteiger charge is 2.32. The minimum absolute atomic E-state index is 0.219. The number of aromatic nitrogens is 2. The van der Waals surface area contributed by atoms with Crippen molar-refractivity contribution in [2.45, 2.75) is 58.4 Å². The van der Waals surface area contributed by atoms with Gasteiger partial charge < -0.3 is 19.5 Å². The maximum Gasteiger partial charge on any atom is 0.296 e. The summed E-state index contributed by atoms with van der Waals surface area (Å²) in [5.74, 6) is -3.04. The zero-order valence-corrected chi connectivity index (χ0v) is 20.4. The summed E-state index contributed by atoms with van der Waals surface area (Å²) in [4.78, 5) is 43.5. The number of hydrogen-bond donors (Lipinski definition) is 1. The summed E-state index contributed by atoms with van der Waals surface area (Å²) in [6, 6.07) is -0.969. The molecule has 3 rings (SSSR count). The summed E-state index contributed by atoms with van der Waals surface area (Å²) >= 11 is 0. The smallest absolute Gasteiger partial charge is 0.296 e. The molecule has 1 aliphatic heterocycles. The molecule has 2 aliphatic rings. The molecule has 2 amide bonds. The van der Waals surface area contributed by atoms with E-state index in [0.717, 1.165) is 6.26 Å². The van der Waals surface area contributed by atoms with Gasteiger partial charge in [-0.05, 0) is 6.42 Å². The number of carbonyl (C=O) groups excluding carboxylic acids is 3. The first-order chi connectivity index (χ1) is 15.6.